The summed E-state index contributed by atoms with van der Waals surface area (Å²) in [6.45, 7) is -8.73. The Labute approximate surface area is 105 Å². The topological polar surface area (TPSA) is 44.1 Å². The van der Waals surface area contributed by atoms with Gasteiger partial charge >= 0.3 is 5.97 Å². The SMILES string of the molecule is [2H]C([2H])([2H])C[C@]1([2H])C(=O)OC([2H])([2H])[C@@H]1C([2H])([2H])c1cncn1C([2H])([2H])[2H]. The zero-order valence-corrected chi connectivity index (χ0v) is 7.65. The lowest BCUT2D eigenvalue weighted by Gasteiger charge is -2.12. The zero-order valence-electron chi connectivity index (χ0n) is 18.7. The summed E-state index contributed by atoms with van der Waals surface area (Å²) < 4.78 is 89.6. The van der Waals surface area contributed by atoms with Gasteiger partial charge in [0.25, 0.3) is 0 Å². The van der Waals surface area contributed by atoms with Gasteiger partial charge in [-0.3, -0.25) is 4.79 Å². The molecule has 0 N–H and O–H groups in total. The molecule has 2 rings (SSSR count). The number of carbonyl (C=O) groups excluding carboxylic acids is 1. The van der Waals surface area contributed by atoms with Gasteiger partial charge in [0.05, 0.1) is 21.5 Å². The molecule has 1 fully saturated rings. The average Bonchev–Trinajstić information content (AvgIpc) is 2.89. The molecule has 0 bridgehead atoms. The van der Waals surface area contributed by atoms with Crippen LogP contribution < -0.4 is 0 Å². The summed E-state index contributed by atoms with van der Waals surface area (Å²) in [5, 5.41) is 0. The van der Waals surface area contributed by atoms with Crippen molar-refractivity contribution >= 4 is 5.97 Å². The van der Waals surface area contributed by atoms with Gasteiger partial charge in [0.2, 0.25) is 0 Å². The van der Waals surface area contributed by atoms with Gasteiger partial charge in [-0.25, -0.2) is 4.98 Å². The number of rotatable bonds is 3. The minimum atomic E-state index is -3.03. The molecular weight excluding hydrogens is 192 g/mol. The Hall–Kier alpha value is -1.32. The van der Waals surface area contributed by atoms with Gasteiger partial charge in [0.1, 0.15) is 0 Å². The summed E-state index contributed by atoms with van der Waals surface area (Å²) >= 11 is 0. The molecule has 4 nitrogen and oxygen atoms in total. The molecule has 0 aromatic carbocycles. The lowest BCUT2D eigenvalue weighted by Crippen LogP contribution is -2.18. The maximum absolute atomic E-state index is 12.1. The number of aryl methyl sites for hydroxylation is 1. The number of hydrogen-bond donors (Lipinski definition) is 0. The molecule has 1 saturated heterocycles. The van der Waals surface area contributed by atoms with E-state index in [4.69, 9.17) is 15.1 Å². The first-order valence-corrected chi connectivity index (χ1v) is 4.20. The van der Waals surface area contributed by atoms with E-state index < -0.39 is 56.7 Å². The molecule has 2 atom stereocenters. The van der Waals surface area contributed by atoms with Crippen molar-refractivity contribution in [2.24, 2.45) is 18.8 Å². The predicted molar refractivity (Wildman–Crippen MR) is 55.1 cm³/mol. The van der Waals surface area contributed by atoms with E-state index in [9.17, 15) is 4.79 Å². The average molecular weight is 219 g/mol. The molecule has 0 saturated carbocycles. The molecule has 0 amide bonds. The smallest absolute Gasteiger partial charge is 0.309 e. The van der Waals surface area contributed by atoms with E-state index in [1.807, 2.05) is 0 Å². The van der Waals surface area contributed by atoms with E-state index in [2.05, 4.69) is 9.72 Å². The first-order valence-electron chi connectivity index (χ1n) is 9.70. The lowest BCUT2D eigenvalue weighted by atomic mass is 9.89. The summed E-state index contributed by atoms with van der Waals surface area (Å²) in [4.78, 5) is 15.7. The van der Waals surface area contributed by atoms with Crippen LogP contribution in [0.2, 0.25) is 0 Å². The number of nitrogens with zero attached hydrogens (tertiary/aromatic N) is 2. The minimum Gasteiger partial charge on any atom is -0.465 e. The Kier molecular flexibility index (Phi) is 0.899. The van der Waals surface area contributed by atoms with Crippen molar-refractivity contribution in [2.75, 3.05) is 6.56 Å². The number of hydrogen-bond acceptors (Lipinski definition) is 3. The lowest BCUT2D eigenvalue weighted by molar-refractivity contribution is -0.141. The van der Waals surface area contributed by atoms with E-state index in [0.717, 1.165) is 12.5 Å². The molecule has 0 radical (unpaired) electrons. The van der Waals surface area contributed by atoms with Crippen LogP contribution in [0.5, 0.6) is 0 Å². The van der Waals surface area contributed by atoms with Gasteiger partial charge < -0.3 is 9.30 Å². The maximum Gasteiger partial charge on any atom is 0.309 e. The van der Waals surface area contributed by atoms with Crippen LogP contribution in [0.4, 0.5) is 0 Å². The number of carbonyl (C=O) groups is 1. The van der Waals surface area contributed by atoms with Crippen molar-refractivity contribution in [3.05, 3.63) is 18.2 Å². The van der Waals surface area contributed by atoms with Crippen molar-refractivity contribution in [2.45, 2.75) is 19.6 Å². The van der Waals surface area contributed by atoms with Crippen molar-refractivity contribution in [3.63, 3.8) is 0 Å². The molecule has 4 heteroatoms. The fraction of sp³-hybridized carbons (Fsp3) is 0.636. The largest absolute Gasteiger partial charge is 0.465 e. The fourth-order valence-electron chi connectivity index (χ4n) is 1.21. The van der Waals surface area contributed by atoms with Crippen LogP contribution in [0.15, 0.2) is 12.5 Å². The van der Waals surface area contributed by atoms with E-state index in [1.54, 1.807) is 0 Å². The van der Waals surface area contributed by atoms with Crippen molar-refractivity contribution in [3.8, 4) is 0 Å². The Morgan fingerprint density at radius 2 is 2.93 bits per heavy atom. The van der Waals surface area contributed by atoms with Crippen LogP contribution in [0.3, 0.4) is 0 Å². The van der Waals surface area contributed by atoms with Gasteiger partial charge in [-0.2, -0.15) is 0 Å². The molecule has 82 valence electrons. The molecule has 0 spiro atoms. The highest BCUT2D eigenvalue weighted by Crippen LogP contribution is 2.27. The van der Waals surface area contributed by atoms with Crippen molar-refractivity contribution in [1.29, 1.82) is 0 Å². The van der Waals surface area contributed by atoms with Crippen LogP contribution in [0.1, 0.15) is 34.0 Å². The third-order valence-corrected chi connectivity index (χ3v) is 2.00. The van der Waals surface area contributed by atoms with Crippen LogP contribution in [0.25, 0.3) is 0 Å². The number of aromatic nitrogens is 2. The van der Waals surface area contributed by atoms with Gasteiger partial charge in [0.15, 0.2) is 0 Å². The highest BCUT2D eigenvalue weighted by atomic mass is 16.5. The third kappa shape index (κ3) is 1.89. The van der Waals surface area contributed by atoms with Crippen molar-refractivity contribution in [1.82, 2.24) is 9.55 Å². The highest BCUT2D eigenvalue weighted by Gasteiger charge is 2.35. The van der Waals surface area contributed by atoms with E-state index in [-0.39, 0.29) is 0 Å². The normalized spacial score (nSPS) is 47.3. The van der Waals surface area contributed by atoms with Crippen LogP contribution in [0, 0.1) is 11.8 Å². The molecule has 15 heavy (non-hydrogen) atoms. The second kappa shape index (κ2) is 4.04. The molecular formula is C11H16N2O2. The Bertz CT molecular complexity index is 708. The second-order valence-corrected chi connectivity index (χ2v) is 2.94. The molecule has 1 aromatic heterocycles. The van der Waals surface area contributed by atoms with Gasteiger partial charge in [-0.1, -0.05) is 6.85 Å². The third-order valence-electron chi connectivity index (χ3n) is 2.00. The number of cyclic esters (lactones) is 1. The van der Waals surface area contributed by atoms with Gasteiger partial charge in [-0.05, 0) is 12.8 Å². The molecule has 0 aliphatic carbocycles. The number of esters is 1. The van der Waals surface area contributed by atoms with E-state index in [1.165, 1.54) is 0 Å². The first-order chi connectivity index (χ1) is 11.4. The van der Waals surface area contributed by atoms with Crippen molar-refractivity contribution < 1.29 is 24.6 Å². The number of imidazole rings is 1. The Balaban J connectivity index is 2.65. The minimum absolute atomic E-state index is 0.474. The predicted octanol–water partition coefficient (Wildman–Crippen LogP) is 1.16. The van der Waals surface area contributed by atoms with Crippen LogP contribution in [-0.4, -0.2) is 22.1 Å². The molecule has 2 heterocycles. The Morgan fingerprint density at radius 3 is 3.73 bits per heavy atom. The summed E-state index contributed by atoms with van der Waals surface area (Å²) in [7, 11) is 0. The summed E-state index contributed by atoms with van der Waals surface area (Å²) in [6, 6.07) is 0. The molecule has 0 unspecified atom stereocenters. The standard InChI is InChI=1S/C11H16N2O2/c1-3-10-8(6-15-11(10)14)4-9-5-12-7-13(9)2/h5,7-8,10H,3-4,6H2,1-2H3/t8-,10-/m0/s1/i1D3,2D3,4D2,6D2,10D. The summed E-state index contributed by atoms with van der Waals surface area (Å²) in [5.41, 5.74) is -0.619. The Morgan fingerprint density at radius 1 is 2.00 bits per heavy atom. The second-order valence-electron chi connectivity index (χ2n) is 2.94. The molecule has 1 aliphatic heterocycles. The monoisotopic (exact) mass is 219 g/mol. The summed E-state index contributed by atoms with van der Waals surface area (Å²) in [5.74, 6) is -6.55. The van der Waals surface area contributed by atoms with Crippen LogP contribution in [-0.2, 0) is 22.9 Å². The summed E-state index contributed by atoms with van der Waals surface area (Å²) in [6.07, 6.45) is -2.47. The quantitative estimate of drug-likeness (QED) is 0.717. The fourth-order valence-corrected chi connectivity index (χ4v) is 1.21. The van der Waals surface area contributed by atoms with Crippen LogP contribution >= 0.6 is 0 Å². The van der Waals surface area contributed by atoms with E-state index in [0.29, 0.717) is 4.57 Å². The maximum atomic E-state index is 12.1. The van der Waals surface area contributed by atoms with Gasteiger partial charge in [0, 0.05) is 37.1 Å². The number of ether oxygens (including phenoxy) is 1. The highest BCUT2D eigenvalue weighted by molar-refractivity contribution is 5.74. The molecule has 1 aliphatic rings. The van der Waals surface area contributed by atoms with E-state index >= 15 is 0 Å². The molecule has 1 aromatic rings. The zero-order chi connectivity index (χ0) is 20.3. The first kappa shape index (κ1) is 3.34. The van der Waals surface area contributed by atoms with Gasteiger partial charge in [-0.15, -0.1) is 0 Å².